The van der Waals surface area contributed by atoms with Gasteiger partial charge >= 0.3 is 0 Å². The second kappa shape index (κ2) is 9.50. The van der Waals surface area contributed by atoms with Crippen LogP contribution in [0.15, 0.2) is 48.5 Å². The van der Waals surface area contributed by atoms with Gasteiger partial charge in [0.2, 0.25) is 0 Å². The van der Waals surface area contributed by atoms with Gasteiger partial charge < -0.3 is 15.8 Å². The average molecular weight is 486 g/mol. The van der Waals surface area contributed by atoms with Crippen LogP contribution in [0.2, 0.25) is 0 Å². The number of aromatic nitrogens is 1. The molecule has 0 spiro atoms. The molecule has 3 N–H and O–H groups in total. The second-order valence-electron chi connectivity index (χ2n) is 8.79. The van der Waals surface area contributed by atoms with Crippen LogP contribution in [0.25, 0.3) is 22.2 Å². The molecule has 1 aliphatic carbocycles. The number of carbonyl (C=O) groups is 2. The number of hydrogen-bond acceptors (Lipinski definition) is 5. The van der Waals surface area contributed by atoms with E-state index >= 15 is 0 Å². The van der Waals surface area contributed by atoms with E-state index in [1.807, 2.05) is 55.5 Å². The molecule has 0 fully saturated rings. The van der Waals surface area contributed by atoms with Crippen molar-refractivity contribution in [3.8, 4) is 17.0 Å². The molecule has 178 valence electrons. The third kappa shape index (κ3) is 4.28. The number of nitrogens with two attached hydrogens (primary N) is 1. The zero-order chi connectivity index (χ0) is 24.5. The fraction of sp³-hybridized carbons (Fsp3) is 0.250. The topological polar surface area (TPSA) is 94.3 Å². The number of nitrogens with zero attached hydrogens (tertiary/aromatic N) is 1. The lowest BCUT2D eigenvalue weighted by atomic mass is 9.97. The van der Waals surface area contributed by atoms with Gasteiger partial charge in [0.05, 0.1) is 29.4 Å². The molecular weight excluding hydrogens is 458 g/mol. The number of hydrogen-bond donors (Lipinski definition) is 2. The molecule has 2 aromatic heterocycles. The summed E-state index contributed by atoms with van der Waals surface area (Å²) in [6.07, 6.45) is 4.97. The number of methoxy groups -OCH3 is 1. The smallest absolute Gasteiger partial charge is 0.257 e. The Bertz CT molecular complexity index is 1440. The molecule has 2 amide bonds. The summed E-state index contributed by atoms with van der Waals surface area (Å²) in [6, 6.07) is 15.2. The number of primary amides is 1. The predicted octanol–water partition coefficient (Wildman–Crippen LogP) is 5.90. The first kappa shape index (κ1) is 23.1. The first-order chi connectivity index (χ1) is 17.0. The minimum Gasteiger partial charge on any atom is -0.497 e. The standard InChI is InChI=1S/C28H27N3O3S/c1-16-23(27(33)31-28-24(26(29)32)20-9-4-3-5-11-22(20)35-28)19-8-6-7-10-21(19)30-25(16)17-12-14-18(34-2)15-13-17/h6-8,10,12-15H,3-5,9,11H2,1-2H3,(H2,29,32)(H,31,33). The Labute approximate surface area is 208 Å². The summed E-state index contributed by atoms with van der Waals surface area (Å²) in [5.41, 5.74) is 10.9. The highest BCUT2D eigenvalue weighted by molar-refractivity contribution is 7.17. The highest BCUT2D eigenvalue weighted by atomic mass is 32.1. The van der Waals surface area contributed by atoms with Gasteiger partial charge in [-0.05, 0) is 74.1 Å². The lowest BCUT2D eigenvalue weighted by Gasteiger charge is -2.15. The summed E-state index contributed by atoms with van der Waals surface area (Å²) >= 11 is 1.48. The number of carbonyl (C=O) groups excluding carboxylic acids is 2. The number of ether oxygens (including phenoxy) is 1. The van der Waals surface area contributed by atoms with E-state index in [9.17, 15) is 9.59 Å². The van der Waals surface area contributed by atoms with E-state index in [4.69, 9.17) is 15.5 Å². The Balaban J connectivity index is 1.61. The minimum atomic E-state index is -0.491. The number of benzene rings is 2. The Morgan fingerprint density at radius 2 is 1.74 bits per heavy atom. The summed E-state index contributed by atoms with van der Waals surface area (Å²) in [5.74, 6) is -0.00805. The third-order valence-corrected chi connectivity index (χ3v) is 7.83. The zero-order valence-electron chi connectivity index (χ0n) is 19.8. The van der Waals surface area contributed by atoms with Crippen LogP contribution in [0.3, 0.4) is 0 Å². The van der Waals surface area contributed by atoms with Crippen molar-refractivity contribution in [1.82, 2.24) is 4.98 Å². The van der Waals surface area contributed by atoms with E-state index in [0.717, 1.165) is 76.0 Å². The van der Waals surface area contributed by atoms with Gasteiger partial charge in [0.25, 0.3) is 11.8 Å². The number of pyridine rings is 1. The third-order valence-electron chi connectivity index (χ3n) is 6.62. The van der Waals surface area contributed by atoms with Gasteiger partial charge in [-0.15, -0.1) is 11.3 Å². The molecule has 0 saturated heterocycles. The molecule has 6 nitrogen and oxygen atoms in total. The molecule has 5 rings (SSSR count). The van der Waals surface area contributed by atoms with Crippen molar-refractivity contribution >= 4 is 39.1 Å². The summed E-state index contributed by atoms with van der Waals surface area (Å²) < 4.78 is 5.29. The average Bonchev–Trinajstić information content (AvgIpc) is 3.04. The predicted molar refractivity (Wildman–Crippen MR) is 141 cm³/mol. The number of aryl methyl sites for hydroxylation is 1. The fourth-order valence-corrected chi connectivity index (χ4v) is 6.18. The Morgan fingerprint density at radius 1 is 1.00 bits per heavy atom. The summed E-state index contributed by atoms with van der Waals surface area (Å²) in [6.45, 7) is 1.91. The summed E-state index contributed by atoms with van der Waals surface area (Å²) in [4.78, 5) is 32.2. The van der Waals surface area contributed by atoms with E-state index < -0.39 is 5.91 Å². The molecular formula is C28H27N3O3S. The molecule has 2 heterocycles. The van der Waals surface area contributed by atoms with E-state index in [0.29, 0.717) is 16.1 Å². The van der Waals surface area contributed by atoms with Crippen molar-refractivity contribution in [3.05, 3.63) is 75.7 Å². The van der Waals surface area contributed by atoms with Crippen molar-refractivity contribution in [2.24, 2.45) is 5.73 Å². The number of fused-ring (bicyclic) bond motifs is 2. The lowest BCUT2D eigenvalue weighted by molar-refractivity contribution is 0.100. The molecule has 0 radical (unpaired) electrons. The maximum atomic E-state index is 13.8. The van der Waals surface area contributed by atoms with Gasteiger partial charge in [-0.2, -0.15) is 0 Å². The molecule has 0 saturated carbocycles. The molecule has 0 bridgehead atoms. The van der Waals surface area contributed by atoms with Gasteiger partial charge in [-0.3, -0.25) is 9.59 Å². The molecule has 0 aliphatic heterocycles. The Kier molecular flexibility index (Phi) is 6.26. The monoisotopic (exact) mass is 485 g/mol. The molecule has 35 heavy (non-hydrogen) atoms. The molecule has 4 aromatic rings. The van der Waals surface area contributed by atoms with E-state index in [1.54, 1.807) is 7.11 Å². The van der Waals surface area contributed by atoms with Gasteiger partial charge in [0.1, 0.15) is 10.8 Å². The van der Waals surface area contributed by atoms with Crippen molar-refractivity contribution < 1.29 is 14.3 Å². The van der Waals surface area contributed by atoms with Crippen LogP contribution in [0, 0.1) is 6.92 Å². The second-order valence-corrected chi connectivity index (χ2v) is 9.90. The maximum absolute atomic E-state index is 13.8. The van der Waals surface area contributed by atoms with Crippen LogP contribution in [0.4, 0.5) is 5.00 Å². The quantitative estimate of drug-likeness (QED) is 0.344. The highest BCUT2D eigenvalue weighted by Gasteiger charge is 2.26. The van der Waals surface area contributed by atoms with Crippen LogP contribution in [0.5, 0.6) is 5.75 Å². The van der Waals surface area contributed by atoms with Crippen molar-refractivity contribution in [3.63, 3.8) is 0 Å². The van der Waals surface area contributed by atoms with Crippen LogP contribution < -0.4 is 15.8 Å². The zero-order valence-corrected chi connectivity index (χ0v) is 20.6. The van der Waals surface area contributed by atoms with Gasteiger partial charge in [-0.1, -0.05) is 24.6 Å². The number of thiophene rings is 1. The van der Waals surface area contributed by atoms with E-state index in [2.05, 4.69) is 5.32 Å². The van der Waals surface area contributed by atoms with Crippen LogP contribution in [0.1, 0.15) is 56.0 Å². The van der Waals surface area contributed by atoms with Crippen molar-refractivity contribution in [1.29, 1.82) is 0 Å². The Hall–Kier alpha value is -3.71. The van der Waals surface area contributed by atoms with Crippen molar-refractivity contribution in [2.75, 3.05) is 12.4 Å². The molecule has 2 aromatic carbocycles. The number of nitrogens with one attached hydrogen (secondary N) is 1. The number of para-hydroxylation sites is 1. The summed E-state index contributed by atoms with van der Waals surface area (Å²) in [7, 11) is 1.63. The fourth-order valence-electron chi connectivity index (χ4n) is 4.89. The number of rotatable bonds is 5. The minimum absolute atomic E-state index is 0.269. The summed E-state index contributed by atoms with van der Waals surface area (Å²) in [5, 5.41) is 4.35. The van der Waals surface area contributed by atoms with Gasteiger partial charge in [-0.25, -0.2) is 4.98 Å². The number of amides is 2. The number of anilines is 1. The maximum Gasteiger partial charge on any atom is 0.257 e. The Morgan fingerprint density at radius 3 is 2.49 bits per heavy atom. The van der Waals surface area contributed by atoms with Crippen LogP contribution >= 0.6 is 11.3 Å². The van der Waals surface area contributed by atoms with Crippen LogP contribution in [-0.2, 0) is 12.8 Å². The highest BCUT2D eigenvalue weighted by Crippen LogP contribution is 2.38. The van der Waals surface area contributed by atoms with Crippen LogP contribution in [-0.4, -0.2) is 23.9 Å². The molecule has 0 unspecified atom stereocenters. The molecule has 7 heteroatoms. The lowest BCUT2D eigenvalue weighted by Crippen LogP contribution is -2.19. The first-order valence-corrected chi connectivity index (χ1v) is 12.6. The first-order valence-electron chi connectivity index (χ1n) is 11.8. The normalized spacial score (nSPS) is 13.2. The SMILES string of the molecule is COc1ccc(-c2nc3ccccc3c(C(=O)Nc3sc4c(c3C(N)=O)CCCCC4)c2C)cc1. The molecule has 0 atom stereocenters. The van der Waals surface area contributed by atoms with E-state index in [-0.39, 0.29) is 5.91 Å². The van der Waals surface area contributed by atoms with Gasteiger partial charge in [0, 0.05) is 15.8 Å². The van der Waals surface area contributed by atoms with Crippen molar-refractivity contribution in [2.45, 2.75) is 39.0 Å². The van der Waals surface area contributed by atoms with E-state index in [1.165, 1.54) is 11.3 Å². The molecule has 1 aliphatic rings. The van der Waals surface area contributed by atoms with Gasteiger partial charge in [0.15, 0.2) is 0 Å². The largest absolute Gasteiger partial charge is 0.497 e.